The summed E-state index contributed by atoms with van der Waals surface area (Å²) in [6, 6.07) is 15.3. The number of aliphatic carboxylic acids is 1. The second-order valence-corrected chi connectivity index (χ2v) is 6.34. The number of urea groups is 1. The third kappa shape index (κ3) is 6.29. The minimum atomic E-state index is -0.970. The molecule has 2 amide bonds. The highest BCUT2D eigenvalue weighted by Gasteiger charge is 2.10. The highest BCUT2D eigenvalue weighted by Crippen LogP contribution is 2.25. The molecule has 0 aliphatic rings. The molecule has 5 heteroatoms. The molecule has 2 rings (SSSR count). The van der Waals surface area contributed by atoms with Crippen LogP contribution in [0.1, 0.15) is 31.7 Å². The standard InChI is InChI=1S/C22H26N2O3/c1-3-4-5-15-23-22(27)24(2)20-8-6-7-19(16-20)18-12-9-17(10-13-18)11-14-21(25)26/h6-14,16H,3-5,15H2,1-2H3,(H,23,27)(H,25,26)/b14-11+. The van der Waals surface area contributed by atoms with E-state index in [1.807, 2.05) is 48.5 Å². The Morgan fingerprint density at radius 2 is 1.81 bits per heavy atom. The van der Waals surface area contributed by atoms with E-state index in [4.69, 9.17) is 5.11 Å². The minimum Gasteiger partial charge on any atom is -0.478 e. The summed E-state index contributed by atoms with van der Waals surface area (Å²) >= 11 is 0. The number of unbranched alkanes of at least 4 members (excludes halogenated alkanes) is 2. The first-order valence-electron chi connectivity index (χ1n) is 9.14. The largest absolute Gasteiger partial charge is 0.478 e. The Morgan fingerprint density at radius 1 is 1.07 bits per heavy atom. The van der Waals surface area contributed by atoms with Gasteiger partial charge in [0.1, 0.15) is 0 Å². The Balaban J connectivity index is 2.08. The van der Waals surface area contributed by atoms with Gasteiger partial charge in [0.25, 0.3) is 0 Å². The van der Waals surface area contributed by atoms with Crippen molar-refractivity contribution in [3.63, 3.8) is 0 Å². The van der Waals surface area contributed by atoms with E-state index in [2.05, 4.69) is 12.2 Å². The van der Waals surface area contributed by atoms with Crippen molar-refractivity contribution in [2.45, 2.75) is 26.2 Å². The number of amides is 2. The van der Waals surface area contributed by atoms with Crippen LogP contribution in [0.25, 0.3) is 17.2 Å². The van der Waals surface area contributed by atoms with E-state index in [-0.39, 0.29) is 6.03 Å². The normalized spacial score (nSPS) is 10.7. The van der Waals surface area contributed by atoms with E-state index >= 15 is 0 Å². The van der Waals surface area contributed by atoms with Crippen LogP contribution in [0.4, 0.5) is 10.5 Å². The van der Waals surface area contributed by atoms with Crippen molar-refractivity contribution in [3.8, 4) is 11.1 Å². The minimum absolute atomic E-state index is 0.114. The molecule has 27 heavy (non-hydrogen) atoms. The summed E-state index contributed by atoms with van der Waals surface area (Å²) in [6.45, 7) is 2.82. The molecule has 142 valence electrons. The average Bonchev–Trinajstić information content (AvgIpc) is 2.69. The van der Waals surface area contributed by atoms with Crippen LogP contribution in [0.2, 0.25) is 0 Å². The van der Waals surface area contributed by atoms with Gasteiger partial charge in [-0.15, -0.1) is 0 Å². The molecule has 2 N–H and O–H groups in total. The van der Waals surface area contributed by atoms with Crippen LogP contribution in [0, 0.1) is 0 Å². The van der Waals surface area contributed by atoms with E-state index in [0.717, 1.165) is 47.7 Å². The molecule has 0 aliphatic carbocycles. The molecule has 0 atom stereocenters. The summed E-state index contributed by atoms with van der Waals surface area (Å²) in [5.41, 5.74) is 3.63. The number of hydrogen-bond acceptors (Lipinski definition) is 2. The van der Waals surface area contributed by atoms with Crippen LogP contribution in [0.15, 0.2) is 54.6 Å². The lowest BCUT2D eigenvalue weighted by molar-refractivity contribution is -0.131. The van der Waals surface area contributed by atoms with Crippen LogP contribution >= 0.6 is 0 Å². The highest BCUT2D eigenvalue weighted by molar-refractivity contribution is 5.92. The van der Waals surface area contributed by atoms with Crippen molar-refractivity contribution in [1.82, 2.24) is 5.32 Å². The van der Waals surface area contributed by atoms with Gasteiger partial charge in [0.15, 0.2) is 0 Å². The first kappa shape index (κ1) is 20.2. The summed E-state index contributed by atoms with van der Waals surface area (Å²) in [5, 5.41) is 11.6. The Hall–Kier alpha value is -3.08. The number of anilines is 1. The molecule has 0 aliphatic heterocycles. The second kappa shape index (κ2) is 10.2. The topological polar surface area (TPSA) is 69.6 Å². The number of hydrogen-bond donors (Lipinski definition) is 2. The molecule has 5 nitrogen and oxygen atoms in total. The Morgan fingerprint density at radius 3 is 2.48 bits per heavy atom. The first-order valence-corrected chi connectivity index (χ1v) is 9.14. The number of carbonyl (C=O) groups is 2. The van der Waals surface area contributed by atoms with Crippen molar-refractivity contribution in [3.05, 3.63) is 60.2 Å². The number of carboxylic acids is 1. The third-order valence-electron chi connectivity index (χ3n) is 4.26. The number of carbonyl (C=O) groups excluding carboxylic acids is 1. The molecule has 0 fully saturated rings. The van der Waals surface area contributed by atoms with Gasteiger partial charge < -0.3 is 10.4 Å². The molecular formula is C22H26N2O3. The molecule has 0 aromatic heterocycles. The number of rotatable bonds is 8. The van der Waals surface area contributed by atoms with Gasteiger partial charge in [-0.25, -0.2) is 9.59 Å². The van der Waals surface area contributed by atoms with Crippen LogP contribution in [-0.2, 0) is 4.79 Å². The smallest absolute Gasteiger partial charge is 0.328 e. The second-order valence-electron chi connectivity index (χ2n) is 6.34. The maximum Gasteiger partial charge on any atom is 0.328 e. The van der Waals surface area contributed by atoms with Gasteiger partial charge in [0.05, 0.1) is 0 Å². The summed E-state index contributed by atoms with van der Waals surface area (Å²) in [7, 11) is 1.76. The summed E-state index contributed by atoms with van der Waals surface area (Å²) in [5.74, 6) is -0.970. The maximum atomic E-state index is 12.3. The lowest BCUT2D eigenvalue weighted by Gasteiger charge is -2.19. The van der Waals surface area contributed by atoms with Crippen LogP contribution < -0.4 is 10.2 Å². The zero-order valence-electron chi connectivity index (χ0n) is 15.8. The SMILES string of the molecule is CCCCCNC(=O)N(C)c1cccc(-c2ccc(/C=C/C(=O)O)cc2)c1. The molecule has 2 aromatic rings. The van der Waals surface area contributed by atoms with Gasteiger partial charge in [-0.05, 0) is 41.3 Å². The Bertz CT molecular complexity index is 797. The number of nitrogens with zero attached hydrogens (tertiary/aromatic N) is 1. The zero-order chi connectivity index (χ0) is 19.6. The maximum absolute atomic E-state index is 12.3. The summed E-state index contributed by atoms with van der Waals surface area (Å²) < 4.78 is 0. The number of carboxylic acid groups (broad SMARTS) is 1. The number of nitrogens with one attached hydrogen (secondary N) is 1. The quantitative estimate of drug-likeness (QED) is 0.521. The van der Waals surface area contributed by atoms with Crippen LogP contribution in [0.3, 0.4) is 0 Å². The lowest BCUT2D eigenvalue weighted by atomic mass is 10.0. The molecule has 0 saturated heterocycles. The molecule has 0 bridgehead atoms. The Kier molecular flexibility index (Phi) is 7.62. The van der Waals surface area contributed by atoms with E-state index in [1.165, 1.54) is 0 Å². The molecule has 2 aromatic carbocycles. The fourth-order valence-electron chi connectivity index (χ4n) is 2.65. The van der Waals surface area contributed by atoms with E-state index in [1.54, 1.807) is 18.0 Å². The van der Waals surface area contributed by atoms with E-state index < -0.39 is 5.97 Å². The van der Waals surface area contributed by atoms with Gasteiger partial charge in [0.2, 0.25) is 0 Å². The average molecular weight is 366 g/mol. The van der Waals surface area contributed by atoms with Gasteiger partial charge in [-0.3, -0.25) is 4.90 Å². The van der Waals surface area contributed by atoms with Crippen molar-refractivity contribution in [2.24, 2.45) is 0 Å². The van der Waals surface area contributed by atoms with E-state index in [9.17, 15) is 9.59 Å². The van der Waals surface area contributed by atoms with Gasteiger partial charge in [0, 0.05) is 25.4 Å². The molecule has 0 spiro atoms. The van der Waals surface area contributed by atoms with Crippen molar-refractivity contribution >= 4 is 23.8 Å². The molecule has 0 radical (unpaired) electrons. The van der Waals surface area contributed by atoms with Gasteiger partial charge in [-0.1, -0.05) is 56.2 Å². The van der Waals surface area contributed by atoms with Crippen LogP contribution in [-0.4, -0.2) is 30.7 Å². The van der Waals surface area contributed by atoms with Crippen molar-refractivity contribution in [1.29, 1.82) is 0 Å². The third-order valence-corrected chi connectivity index (χ3v) is 4.26. The molecule has 0 heterocycles. The predicted molar refractivity (Wildman–Crippen MR) is 110 cm³/mol. The van der Waals surface area contributed by atoms with Gasteiger partial charge in [-0.2, -0.15) is 0 Å². The van der Waals surface area contributed by atoms with Crippen molar-refractivity contribution < 1.29 is 14.7 Å². The first-order chi connectivity index (χ1) is 13.0. The molecule has 0 saturated carbocycles. The number of benzene rings is 2. The predicted octanol–water partition coefficient (Wildman–Crippen LogP) is 4.79. The molecular weight excluding hydrogens is 340 g/mol. The van der Waals surface area contributed by atoms with Gasteiger partial charge >= 0.3 is 12.0 Å². The Labute approximate surface area is 160 Å². The fourth-order valence-corrected chi connectivity index (χ4v) is 2.65. The zero-order valence-corrected chi connectivity index (χ0v) is 15.8. The van der Waals surface area contributed by atoms with Crippen molar-refractivity contribution in [2.75, 3.05) is 18.5 Å². The fraction of sp³-hybridized carbons (Fsp3) is 0.273. The highest BCUT2D eigenvalue weighted by atomic mass is 16.4. The van der Waals surface area contributed by atoms with Crippen LogP contribution in [0.5, 0.6) is 0 Å². The van der Waals surface area contributed by atoms with E-state index in [0.29, 0.717) is 6.54 Å². The lowest BCUT2D eigenvalue weighted by Crippen LogP contribution is -2.37. The monoisotopic (exact) mass is 366 g/mol. The summed E-state index contributed by atoms with van der Waals surface area (Å²) in [6.07, 6.45) is 5.89. The molecule has 0 unspecified atom stereocenters. The summed E-state index contributed by atoms with van der Waals surface area (Å²) in [4.78, 5) is 24.5.